The van der Waals surface area contributed by atoms with Crippen LogP contribution in [0.4, 0.5) is 0 Å². The maximum atomic E-state index is 12.3. The van der Waals surface area contributed by atoms with E-state index in [1.54, 1.807) is 6.08 Å². The van der Waals surface area contributed by atoms with Gasteiger partial charge in [-0.1, -0.05) is 13.8 Å². The third-order valence-electron chi connectivity index (χ3n) is 4.94. The molecule has 1 aliphatic carbocycles. The minimum absolute atomic E-state index is 0.0794. The molecule has 1 rings (SSSR count). The molecule has 0 saturated heterocycles. The highest BCUT2D eigenvalue weighted by Crippen LogP contribution is 2.41. The molecule has 0 aromatic rings. The fourth-order valence-electron chi connectivity index (χ4n) is 3.16. The largest absolute Gasteiger partial charge is 0.485 e. The summed E-state index contributed by atoms with van der Waals surface area (Å²) >= 11 is 0. The normalized spacial score (nSPS) is 25.9. The van der Waals surface area contributed by atoms with Gasteiger partial charge in [0.2, 0.25) is 6.10 Å². The molecule has 1 aliphatic rings. The van der Waals surface area contributed by atoms with Gasteiger partial charge in [0.15, 0.2) is 6.10 Å². The summed E-state index contributed by atoms with van der Waals surface area (Å²) in [5, 5.41) is 21.0. The molecule has 2 N–H and O–H groups in total. The molecule has 25 heavy (non-hydrogen) atoms. The first-order valence-corrected chi connectivity index (χ1v) is 8.67. The molecule has 0 unspecified atom stereocenters. The van der Waals surface area contributed by atoms with Crippen LogP contribution < -0.4 is 0 Å². The molecule has 2 amide bonds. The first-order valence-electron chi connectivity index (χ1n) is 8.67. The van der Waals surface area contributed by atoms with Gasteiger partial charge in [0.05, 0.1) is 11.9 Å². The van der Waals surface area contributed by atoms with Crippen LogP contribution in [0.2, 0.25) is 0 Å². The first-order chi connectivity index (χ1) is 11.5. The Balaban J connectivity index is 2.88. The quantitative estimate of drug-likeness (QED) is 0.652. The Kier molecular flexibility index (Phi) is 7.44. The van der Waals surface area contributed by atoms with Crippen LogP contribution in [0, 0.1) is 11.8 Å². The van der Waals surface area contributed by atoms with E-state index in [0.717, 1.165) is 19.3 Å². The van der Waals surface area contributed by atoms with Crippen molar-refractivity contribution < 1.29 is 24.5 Å². The van der Waals surface area contributed by atoms with Gasteiger partial charge in [0.25, 0.3) is 11.8 Å². The van der Waals surface area contributed by atoms with Gasteiger partial charge in [-0.2, -0.15) is 0 Å². The van der Waals surface area contributed by atoms with Crippen LogP contribution in [0.3, 0.4) is 0 Å². The number of amides is 2. The van der Waals surface area contributed by atoms with E-state index in [0.29, 0.717) is 0 Å². The van der Waals surface area contributed by atoms with E-state index in [2.05, 4.69) is 0 Å². The van der Waals surface area contributed by atoms with E-state index < -0.39 is 29.6 Å². The maximum absolute atomic E-state index is 12.3. The zero-order valence-corrected chi connectivity index (χ0v) is 16.1. The van der Waals surface area contributed by atoms with Crippen LogP contribution in [-0.2, 0) is 14.3 Å². The van der Waals surface area contributed by atoms with Crippen molar-refractivity contribution in [2.24, 2.45) is 11.8 Å². The predicted octanol–water partition coefficient (Wildman–Crippen LogP) is 0.610. The number of carbonyl (C=O) groups excluding carboxylic acids is 2. The van der Waals surface area contributed by atoms with Crippen molar-refractivity contribution in [1.29, 1.82) is 0 Å². The molecule has 144 valence electrons. The lowest BCUT2D eigenvalue weighted by molar-refractivity contribution is -0.155. The molecule has 0 aromatic heterocycles. The number of hydrogen-bond donors (Lipinski definition) is 2. The summed E-state index contributed by atoms with van der Waals surface area (Å²) in [4.78, 5) is 26.7. The van der Waals surface area contributed by atoms with Gasteiger partial charge in [-0.3, -0.25) is 9.59 Å². The van der Waals surface area contributed by atoms with Crippen LogP contribution >= 0.6 is 0 Å². The Morgan fingerprint density at radius 3 is 2.20 bits per heavy atom. The zero-order chi connectivity index (χ0) is 19.4. The molecule has 0 bridgehead atoms. The Bertz CT molecular complexity index is 504. The predicted molar refractivity (Wildman–Crippen MR) is 94.5 cm³/mol. The molecule has 1 fully saturated rings. The van der Waals surface area contributed by atoms with E-state index in [9.17, 15) is 19.8 Å². The number of aliphatic hydroxyl groups is 2. The first kappa shape index (κ1) is 21.4. The zero-order valence-electron chi connectivity index (χ0n) is 16.1. The van der Waals surface area contributed by atoms with Gasteiger partial charge in [-0.05, 0) is 31.3 Å². The van der Waals surface area contributed by atoms with Crippen molar-refractivity contribution >= 4 is 11.8 Å². The summed E-state index contributed by atoms with van der Waals surface area (Å²) in [5.41, 5.74) is -0.793. The van der Waals surface area contributed by atoms with Crippen LogP contribution in [0.5, 0.6) is 0 Å². The summed E-state index contributed by atoms with van der Waals surface area (Å²) in [7, 11) is 6.06. The summed E-state index contributed by atoms with van der Waals surface area (Å²) < 4.78 is 5.45. The average Bonchev–Trinajstić information content (AvgIpc) is 2.91. The highest BCUT2D eigenvalue weighted by molar-refractivity contribution is 5.90. The van der Waals surface area contributed by atoms with E-state index in [1.807, 2.05) is 13.8 Å². The second-order valence-electron chi connectivity index (χ2n) is 7.44. The van der Waals surface area contributed by atoms with E-state index in [-0.39, 0.29) is 11.8 Å². The number of hydrogen-bond acceptors (Lipinski definition) is 5. The van der Waals surface area contributed by atoms with Gasteiger partial charge in [-0.25, -0.2) is 0 Å². The Morgan fingerprint density at radius 1 is 1.16 bits per heavy atom. The van der Waals surface area contributed by atoms with Gasteiger partial charge in [-0.15, -0.1) is 0 Å². The highest BCUT2D eigenvalue weighted by atomic mass is 16.5. The number of nitrogens with zero attached hydrogens (tertiary/aromatic N) is 2. The number of carbonyl (C=O) groups is 2. The lowest BCUT2D eigenvalue weighted by atomic mass is 9.81. The summed E-state index contributed by atoms with van der Waals surface area (Å²) in [6.45, 7) is 3.95. The molecule has 7 heteroatoms. The van der Waals surface area contributed by atoms with Crippen molar-refractivity contribution in [3.8, 4) is 0 Å². The van der Waals surface area contributed by atoms with Crippen molar-refractivity contribution in [2.45, 2.75) is 50.9 Å². The van der Waals surface area contributed by atoms with Gasteiger partial charge in [0.1, 0.15) is 0 Å². The second kappa shape index (κ2) is 8.67. The Hall–Kier alpha value is -1.60. The molecule has 0 heterocycles. The molecular formula is C18H32N2O5. The molecule has 0 aliphatic heterocycles. The monoisotopic (exact) mass is 356 g/mol. The highest BCUT2D eigenvalue weighted by Gasteiger charge is 2.42. The van der Waals surface area contributed by atoms with Crippen LogP contribution in [-0.4, -0.2) is 77.8 Å². The standard InChI is InChI=1S/C18H32N2O5/c1-12(2)18(24)10-7-8-13(18)9-11-25-15(17(23)20(5)6)14(21)16(22)19(3)4/h9,11-15,21,24H,7-8,10H2,1-6H3/b11-9+/t13-,14-,15-,18+/m1/s1. The van der Waals surface area contributed by atoms with Gasteiger partial charge in [0, 0.05) is 34.1 Å². The molecular weight excluding hydrogens is 324 g/mol. The second-order valence-corrected chi connectivity index (χ2v) is 7.44. The van der Waals surface area contributed by atoms with Crippen LogP contribution in [0.1, 0.15) is 33.1 Å². The lowest BCUT2D eigenvalue weighted by Crippen LogP contribution is -2.49. The number of aliphatic hydroxyl groups excluding tert-OH is 1. The van der Waals surface area contributed by atoms with Crippen LogP contribution in [0.25, 0.3) is 0 Å². The minimum atomic E-state index is -1.60. The average molecular weight is 356 g/mol. The van der Waals surface area contributed by atoms with Crippen molar-refractivity contribution in [3.05, 3.63) is 12.3 Å². The third-order valence-corrected chi connectivity index (χ3v) is 4.94. The molecule has 0 radical (unpaired) electrons. The van der Waals surface area contributed by atoms with Crippen molar-refractivity contribution in [2.75, 3.05) is 28.2 Å². The molecule has 7 nitrogen and oxygen atoms in total. The number of ether oxygens (including phenoxy) is 1. The fraction of sp³-hybridized carbons (Fsp3) is 0.778. The van der Waals surface area contributed by atoms with E-state index in [4.69, 9.17) is 4.74 Å². The molecule has 4 atom stereocenters. The van der Waals surface area contributed by atoms with Crippen LogP contribution in [0.15, 0.2) is 12.3 Å². The Labute approximate surface area is 150 Å². The fourth-order valence-corrected chi connectivity index (χ4v) is 3.16. The van der Waals surface area contributed by atoms with E-state index >= 15 is 0 Å². The Morgan fingerprint density at radius 2 is 1.72 bits per heavy atom. The van der Waals surface area contributed by atoms with Crippen molar-refractivity contribution in [1.82, 2.24) is 9.80 Å². The number of likely N-dealkylation sites (N-methyl/N-ethyl adjacent to an activating group) is 2. The minimum Gasteiger partial charge on any atom is -0.485 e. The third kappa shape index (κ3) is 4.95. The smallest absolute Gasteiger partial charge is 0.266 e. The summed E-state index contributed by atoms with van der Waals surface area (Å²) in [5.74, 6) is -1.08. The SMILES string of the molecule is CC(C)[C@@]1(O)CCC[C@@H]1/C=C/O[C@@H](C(=O)N(C)C)[C@@H](O)C(=O)N(C)C. The maximum Gasteiger partial charge on any atom is 0.266 e. The topological polar surface area (TPSA) is 90.3 Å². The molecule has 0 spiro atoms. The molecule has 0 aromatic carbocycles. The lowest BCUT2D eigenvalue weighted by Gasteiger charge is -2.32. The summed E-state index contributed by atoms with van der Waals surface area (Å²) in [6.07, 6.45) is 2.63. The van der Waals surface area contributed by atoms with Gasteiger partial charge >= 0.3 is 0 Å². The molecule has 1 saturated carbocycles. The summed E-state index contributed by atoms with van der Waals surface area (Å²) in [6, 6.07) is 0. The number of rotatable bonds is 7. The van der Waals surface area contributed by atoms with E-state index in [1.165, 1.54) is 44.3 Å². The van der Waals surface area contributed by atoms with Gasteiger partial charge < -0.3 is 24.7 Å². The van der Waals surface area contributed by atoms with Crippen molar-refractivity contribution in [3.63, 3.8) is 0 Å².